The molecule has 0 spiro atoms. The number of carbonyl (C=O) groups is 1. The number of amides is 1. The minimum Gasteiger partial charge on any atom is -0.325 e. The normalized spacial score (nSPS) is 11.2. The van der Waals surface area contributed by atoms with Gasteiger partial charge in [-0.05, 0) is 17.2 Å². The summed E-state index contributed by atoms with van der Waals surface area (Å²) in [7, 11) is 0. The van der Waals surface area contributed by atoms with Gasteiger partial charge in [-0.15, -0.1) is 0 Å². The molecule has 1 heterocycles. The predicted octanol–water partition coefficient (Wildman–Crippen LogP) is 7.21. The van der Waals surface area contributed by atoms with E-state index in [2.05, 4.69) is 10.3 Å². The summed E-state index contributed by atoms with van der Waals surface area (Å²) in [5.74, 6) is -0.565. The van der Waals surface area contributed by atoms with Crippen molar-refractivity contribution in [3.63, 3.8) is 0 Å². The van der Waals surface area contributed by atoms with Gasteiger partial charge in [0.15, 0.2) is 5.82 Å². The third-order valence-electron chi connectivity index (χ3n) is 5.28. The molecule has 0 aliphatic carbocycles. The van der Waals surface area contributed by atoms with Crippen molar-refractivity contribution in [2.75, 3.05) is 5.32 Å². The summed E-state index contributed by atoms with van der Waals surface area (Å²) in [5, 5.41) is 2.94. The number of hydrogen-bond acceptors (Lipinski definition) is 2. The monoisotopic (exact) mass is 424 g/mol. The van der Waals surface area contributed by atoms with Crippen LogP contribution in [0.3, 0.4) is 0 Å². The van der Waals surface area contributed by atoms with Crippen LogP contribution in [0, 0.1) is 11.2 Å². The van der Waals surface area contributed by atoms with E-state index in [1.807, 2.05) is 93.6 Å². The maximum atomic E-state index is 16.2. The van der Waals surface area contributed by atoms with Crippen LogP contribution in [0.1, 0.15) is 20.8 Å². The van der Waals surface area contributed by atoms with Gasteiger partial charge in [0.1, 0.15) is 5.69 Å². The molecule has 4 aromatic rings. The van der Waals surface area contributed by atoms with E-state index in [9.17, 15) is 4.79 Å². The van der Waals surface area contributed by atoms with Crippen LogP contribution in [0.25, 0.3) is 33.5 Å². The number of pyridine rings is 1. The van der Waals surface area contributed by atoms with Gasteiger partial charge < -0.3 is 5.32 Å². The van der Waals surface area contributed by atoms with E-state index in [-0.39, 0.29) is 11.6 Å². The topological polar surface area (TPSA) is 42.0 Å². The number of halogens is 1. The third kappa shape index (κ3) is 4.30. The molecule has 3 aromatic carbocycles. The molecule has 0 radical (unpaired) electrons. The van der Waals surface area contributed by atoms with Crippen LogP contribution in [0.5, 0.6) is 0 Å². The lowest BCUT2D eigenvalue weighted by Gasteiger charge is -2.20. The summed E-state index contributed by atoms with van der Waals surface area (Å²) in [6, 6.07) is 26.3. The minimum absolute atomic E-state index is 0.144. The summed E-state index contributed by atoms with van der Waals surface area (Å²) in [6.07, 6.45) is 1.71. The molecule has 0 atom stereocenters. The van der Waals surface area contributed by atoms with Crippen molar-refractivity contribution >= 4 is 11.6 Å². The lowest BCUT2D eigenvalue weighted by Crippen LogP contribution is -2.27. The van der Waals surface area contributed by atoms with Crippen LogP contribution in [-0.4, -0.2) is 10.9 Å². The zero-order valence-corrected chi connectivity index (χ0v) is 18.4. The molecule has 0 aliphatic heterocycles. The van der Waals surface area contributed by atoms with E-state index in [0.29, 0.717) is 22.4 Å². The van der Waals surface area contributed by atoms with E-state index in [4.69, 9.17) is 0 Å². The fourth-order valence-electron chi connectivity index (χ4n) is 3.51. The first-order chi connectivity index (χ1) is 15.4. The van der Waals surface area contributed by atoms with E-state index < -0.39 is 11.2 Å². The summed E-state index contributed by atoms with van der Waals surface area (Å²) < 4.78 is 16.2. The van der Waals surface area contributed by atoms with E-state index in [1.54, 1.807) is 18.3 Å². The fourth-order valence-corrected chi connectivity index (χ4v) is 3.51. The van der Waals surface area contributed by atoms with Gasteiger partial charge in [-0.1, -0.05) is 99.6 Å². The van der Waals surface area contributed by atoms with Crippen molar-refractivity contribution in [3.8, 4) is 33.5 Å². The molecule has 0 bridgehead atoms. The van der Waals surface area contributed by atoms with Crippen LogP contribution in [0.2, 0.25) is 0 Å². The van der Waals surface area contributed by atoms with E-state index >= 15 is 4.39 Å². The maximum absolute atomic E-state index is 16.2. The number of carbonyl (C=O) groups excluding carboxylic acids is 1. The van der Waals surface area contributed by atoms with Crippen molar-refractivity contribution < 1.29 is 9.18 Å². The van der Waals surface area contributed by atoms with E-state index in [0.717, 1.165) is 11.1 Å². The number of nitrogens with zero attached hydrogens (tertiary/aromatic N) is 1. The molecule has 0 unspecified atom stereocenters. The summed E-state index contributed by atoms with van der Waals surface area (Å²) >= 11 is 0. The molecule has 32 heavy (non-hydrogen) atoms. The first-order valence-electron chi connectivity index (χ1n) is 10.6. The lowest BCUT2D eigenvalue weighted by molar-refractivity contribution is -0.123. The Hall–Kier alpha value is -3.79. The van der Waals surface area contributed by atoms with Gasteiger partial charge >= 0.3 is 0 Å². The third-order valence-corrected chi connectivity index (χ3v) is 5.28. The Labute approximate surface area is 188 Å². The molecule has 0 saturated carbocycles. The van der Waals surface area contributed by atoms with Gasteiger partial charge in [-0.25, -0.2) is 4.39 Å². The molecule has 1 aromatic heterocycles. The first-order valence-corrected chi connectivity index (χ1v) is 10.6. The van der Waals surface area contributed by atoms with Crippen molar-refractivity contribution in [2.45, 2.75) is 20.8 Å². The molecular formula is C28H25FN2O. The molecule has 0 saturated heterocycles. The Morgan fingerprint density at radius 3 is 1.97 bits per heavy atom. The number of aromatic nitrogens is 1. The number of anilines is 1. The average molecular weight is 425 g/mol. The predicted molar refractivity (Wildman–Crippen MR) is 129 cm³/mol. The number of hydrogen-bond donors (Lipinski definition) is 1. The van der Waals surface area contributed by atoms with Crippen molar-refractivity contribution in [3.05, 3.63) is 96.9 Å². The van der Waals surface area contributed by atoms with Crippen molar-refractivity contribution in [2.24, 2.45) is 5.41 Å². The highest BCUT2D eigenvalue weighted by Gasteiger charge is 2.24. The fraction of sp³-hybridized carbons (Fsp3) is 0.143. The van der Waals surface area contributed by atoms with Gasteiger partial charge in [-0.3, -0.25) is 9.78 Å². The molecule has 4 heteroatoms. The molecule has 4 rings (SSSR count). The Balaban J connectivity index is 1.91. The van der Waals surface area contributed by atoms with Gasteiger partial charge in [0, 0.05) is 28.3 Å². The van der Waals surface area contributed by atoms with Crippen LogP contribution in [0.15, 0.2) is 91.1 Å². The van der Waals surface area contributed by atoms with E-state index in [1.165, 1.54) is 0 Å². The number of benzene rings is 3. The smallest absolute Gasteiger partial charge is 0.229 e. The molecule has 0 fully saturated rings. The maximum Gasteiger partial charge on any atom is 0.229 e. The van der Waals surface area contributed by atoms with Crippen LogP contribution < -0.4 is 5.32 Å². The second kappa shape index (κ2) is 8.75. The molecule has 160 valence electrons. The Kier molecular flexibility index (Phi) is 5.87. The summed E-state index contributed by atoms with van der Waals surface area (Å²) in [4.78, 5) is 17.1. The largest absolute Gasteiger partial charge is 0.325 e. The Morgan fingerprint density at radius 2 is 1.34 bits per heavy atom. The number of rotatable bonds is 4. The zero-order chi connectivity index (χ0) is 22.7. The standard InChI is InChI=1S/C28H25FN2O/c1-28(2,3)27(32)31-23-17-11-10-16-21(23)26-25(29)24(20-14-8-5-9-15-20)22(18-30-26)19-12-6-4-7-13-19/h4-18H,1-3H3,(H,31,32). The highest BCUT2D eigenvalue weighted by atomic mass is 19.1. The molecule has 3 nitrogen and oxygen atoms in total. The van der Waals surface area contributed by atoms with Crippen molar-refractivity contribution in [1.29, 1.82) is 0 Å². The molecule has 1 N–H and O–H groups in total. The highest BCUT2D eigenvalue weighted by molar-refractivity contribution is 5.98. The molecule has 1 amide bonds. The lowest BCUT2D eigenvalue weighted by atomic mass is 9.93. The van der Waals surface area contributed by atoms with Gasteiger partial charge in [-0.2, -0.15) is 0 Å². The number of para-hydroxylation sites is 1. The second-order valence-corrected chi connectivity index (χ2v) is 8.69. The molecule has 0 aliphatic rings. The minimum atomic E-state index is -0.578. The summed E-state index contributed by atoms with van der Waals surface area (Å²) in [6.45, 7) is 5.52. The number of nitrogens with one attached hydrogen (secondary N) is 1. The second-order valence-electron chi connectivity index (χ2n) is 8.69. The summed E-state index contributed by atoms with van der Waals surface area (Å²) in [5.41, 5.74) is 3.55. The van der Waals surface area contributed by atoms with Crippen molar-refractivity contribution in [1.82, 2.24) is 4.98 Å². The van der Waals surface area contributed by atoms with Crippen LogP contribution >= 0.6 is 0 Å². The highest BCUT2D eigenvalue weighted by Crippen LogP contribution is 2.39. The first kappa shape index (κ1) is 21.4. The Bertz CT molecular complexity index is 1250. The SMILES string of the molecule is CC(C)(C)C(=O)Nc1ccccc1-c1ncc(-c2ccccc2)c(-c2ccccc2)c1F. The van der Waals surface area contributed by atoms with Gasteiger partial charge in [0.05, 0.1) is 5.69 Å². The van der Waals surface area contributed by atoms with Gasteiger partial charge in [0.2, 0.25) is 5.91 Å². The Morgan fingerprint density at radius 1 is 0.781 bits per heavy atom. The van der Waals surface area contributed by atoms with Gasteiger partial charge in [0.25, 0.3) is 0 Å². The van der Waals surface area contributed by atoms with Crippen LogP contribution in [0.4, 0.5) is 10.1 Å². The molecular weight excluding hydrogens is 399 g/mol. The average Bonchev–Trinajstić information content (AvgIpc) is 2.80. The van der Waals surface area contributed by atoms with Crippen LogP contribution in [-0.2, 0) is 4.79 Å². The zero-order valence-electron chi connectivity index (χ0n) is 18.4. The quantitative estimate of drug-likeness (QED) is 0.376.